The summed E-state index contributed by atoms with van der Waals surface area (Å²) in [5.41, 5.74) is 0. The van der Waals surface area contributed by atoms with Gasteiger partial charge in [0.15, 0.2) is 0 Å². The first-order chi connectivity index (χ1) is 6.52. The van der Waals surface area contributed by atoms with E-state index in [1.54, 1.807) is 6.55 Å². The van der Waals surface area contributed by atoms with Crippen molar-refractivity contribution in [1.29, 1.82) is 0 Å². The predicted octanol–water partition coefficient (Wildman–Crippen LogP) is -1.40. The largest absolute Gasteiger partial charge is 0.480 e. The summed E-state index contributed by atoms with van der Waals surface area (Å²) in [7, 11) is -12.6. The first-order valence-electron chi connectivity index (χ1n) is 4.44. The molecule has 15 heavy (non-hydrogen) atoms. The fraction of sp³-hybridized carbons (Fsp3) is 1.00. The second-order valence-electron chi connectivity index (χ2n) is 3.70. The minimum absolute atomic E-state index is 1.31. The molecule has 0 radical (unpaired) electrons. The Kier molecular flexibility index (Phi) is 3.74. The topological polar surface area (TPSA) is 97.6 Å². The van der Waals surface area contributed by atoms with Crippen molar-refractivity contribution in [2.75, 3.05) is 0 Å². The van der Waals surface area contributed by atoms with Gasteiger partial charge in [-0.1, -0.05) is 0 Å². The summed E-state index contributed by atoms with van der Waals surface area (Å²) in [5, 5.41) is 0. The van der Waals surface area contributed by atoms with E-state index < -0.39 is 35.7 Å². The molecule has 0 aromatic carbocycles. The molecule has 1 rings (SSSR count). The molecule has 2 atom stereocenters. The molecular formula is C4H16O7Si4. The van der Waals surface area contributed by atoms with Gasteiger partial charge in [-0.15, -0.1) is 0 Å². The molecule has 0 aliphatic carbocycles. The van der Waals surface area contributed by atoms with Crippen molar-refractivity contribution in [3.05, 3.63) is 0 Å². The van der Waals surface area contributed by atoms with Crippen molar-refractivity contribution < 1.29 is 30.8 Å². The lowest BCUT2D eigenvalue weighted by molar-refractivity contribution is 0.113. The molecule has 0 aromatic heterocycles. The highest BCUT2D eigenvalue weighted by atomic mass is 28.5. The van der Waals surface area contributed by atoms with E-state index in [-0.39, 0.29) is 0 Å². The predicted molar refractivity (Wildman–Crippen MR) is 58.9 cm³/mol. The fourth-order valence-corrected chi connectivity index (χ4v) is 14.4. The summed E-state index contributed by atoms with van der Waals surface area (Å²) in [6.45, 7) is 5.72. The normalized spacial score (nSPS) is 53.4. The molecule has 1 heterocycles. The van der Waals surface area contributed by atoms with Gasteiger partial charge in [-0.3, -0.25) is 0 Å². The average molecular weight is 289 g/mol. The van der Waals surface area contributed by atoms with E-state index >= 15 is 0 Å². The number of rotatable bonds is 0. The highest BCUT2D eigenvalue weighted by molar-refractivity contribution is 6.83. The second-order valence-corrected chi connectivity index (χ2v) is 13.7. The van der Waals surface area contributed by atoms with Crippen LogP contribution < -0.4 is 0 Å². The van der Waals surface area contributed by atoms with E-state index in [9.17, 15) is 14.4 Å². The van der Waals surface area contributed by atoms with Crippen LogP contribution >= 0.6 is 0 Å². The van der Waals surface area contributed by atoms with Gasteiger partial charge in [0, 0.05) is 19.6 Å². The highest BCUT2D eigenvalue weighted by Gasteiger charge is 2.53. The van der Waals surface area contributed by atoms with E-state index in [4.69, 9.17) is 16.5 Å². The van der Waals surface area contributed by atoms with Gasteiger partial charge < -0.3 is 30.8 Å². The van der Waals surface area contributed by atoms with Crippen molar-refractivity contribution in [3.8, 4) is 0 Å². The Hall–Kier alpha value is 0.588. The zero-order valence-corrected chi connectivity index (χ0v) is 13.2. The van der Waals surface area contributed by atoms with Gasteiger partial charge in [0.2, 0.25) is 0 Å². The molecule has 3 N–H and O–H groups in total. The Balaban J connectivity index is 2.85. The third-order valence-corrected chi connectivity index (χ3v) is 13.7. The quantitative estimate of drug-likeness (QED) is 0.472. The van der Waals surface area contributed by atoms with Crippen molar-refractivity contribution in [2.24, 2.45) is 0 Å². The van der Waals surface area contributed by atoms with Crippen LogP contribution in [0.5, 0.6) is 0 Å². The van der Waals surface area contributed by atoms with E-state index in [0.29, 0.717) is 0 Å². The zero-order chi connectivity index (χ0) is 11.9. The Morgan fingerprint density at radius 3 is 1.47 bits per heavy atom. The van der Waals surface area contributed by atoms with Crippen LogP contribution in [0, 0.1) is 0 Å². The summed E-state index contributed by atoms with van der Waals surface area (Å²) < 4.78 is 20.5. The second kappa shape index (κ2) is 4.11. The summed E-state index contributed by atoms with van der Waals surface area (Å²) >= 11 is 0. The van der Waals surface area contributed by atoms with Crippen molar-refractivity contribution in [1.82, 2.24) is 0 Å². The molecule has 2 unspecified atom stereocenters. The molecule has 7 nitrogen and oxygen atoms in total. The average Bonchev–Trinajstić information content (AvgIpc) is 1.71. The Bertz CT molecular complexity index is 221. The molecule has 11 heteroatoms. The molecule has 0 amide bonds. The van der Waals surface area contributed by atoms with Crippen LogP contribution in [-0.2, 0) is 16.5 Å². The van der Waals surface area contributed by atoms with Gasteiger partial charge in [-0.05, 0) is 6.55 Å². The van der Waals surface area contributed by atoms with Gasteiger partial charge in [0.25, 0.3) is 0 Å². The van der Waals surface area contributed by atoms with Crippen molar-refractivity contribution in [2.45, 2.75) is 26.2 Å². The lowest BCUT2D eigenvalue weighted by Crippen LogP contribution is -2.64. The summed E-state index contributed by atoms with van der Waals surface area (Å²) in [5.74, 6) is 0. The van der Waals surface area contributed by atoms with Crippen LogP contribution in [0.1, 0.15) is 0 Å². The molecule has 1 saturated heterocycles. The first kappa shape index (κ1) is 13.7. The van der Waals surface area contributed by atoms with Crippen molar-refractivity contribution in [3.63, 3.8) is 0 Å². The van der Waals surface area contributed by atoms with Crippen molar-refractivity contribution >= 4 is 35.7 Å². The molecule has 1 fully saturated rings. The van der Waals surface area contributed by atoms with Crippen LogP contribution in [0.2, 0.25) is 26.2 Å². The van der Waals surface area contributed by atoms with Crippen LogP contribution in [0.3, 0.4) is 0 Å². The van der Waals surface area contributed by atoms with Gasteiger partial charge in [0.05, 0.1) is 0 Å². The zero-order valence-electron chi connectivity index (χ0n) is 9.05. The fourth-order valence-electron chi connectivity index (χ4n) is 1.41. The smallest absolute Gasteiger partial charge is 0.397 e. The third kappa shape index (κ3) is 4.53. The summed E-state index contributed by atoms with van der Waals surface area (Å²) in [6, 6.07) is 0. The maximum absolute atomic E-state index is 9.74. The molecule has 0 spiro atoms. The monoisotopic (exact) mass is 288 g/mol. The lowest BCUT2D eigenvalue weighted by Gasteiger charge is -2.38. The molecule has 0 saturated carbocycles. The summed E-state index contributed by atoms with van der Waals surface area (Å²) in [4.78, 5) is 29.2. The molecule has 90 valence electrons. The lowest BCUT2D eigenvalue weighted by atomic mass is 11.9. The molecule has 1 aliphatic rings. The van der Waals surface area contributed by atoms with Crippen LogP contribution in [0.15, 0.2) is 0 Å². The molecule has 0 bridgehead atoms. The Labute approximate surface area is 93.1 Å². The minimum atomic E-state index is -3.58. The molecular weight excluding hydrogens is 272 g/mol. The SMILES string of the molecule is C[SiH]1O[Si](C)(O)O[Si](C)(O)O[Si](C)(O)O1. The third-order valence-electron chi connectivity index (χ3n) is 1.53. The Morgan fingerprint density at radius 2 is 1.13 bits per heavy atom. The van der Waals surface area contributed by atoms with Crippen LogP contribution in [-0.4, -0.2) is 50.1 Å². The summed E-state index contributed by atoms with van der Waals surface area (Å²) in [6.07, 6.45) is 0. The van der Waals surface area contributed by atoms with Gasteiger partial charge >= 0.3 is 35.7 Å². The maximum atomic E-state index is 9.74. The van der Waals surface area contributed by atoms with Crippen LogP contribution in [0.4, 0.5) is 0 Å². The minimum Gasteiger partial charge on any atom is -0.397 e. The van der Waals surface area contributed by atoms with E-state index in [1.807, 2.05) is 0 Å². The van der Waals surface area contributed by atoms with Gasteiger partial charge in [-0.25, -0.2) is 0 Å². The Morgan fingerprint density at radius 1 is 0.800 bits per heavy atom. The van der Waals surface area contributed by atoms with Gasteiger partial charge in [0.1, 0.15) is 0 Å². The highest BCUT2D eigenvalue weighted by Crippen LogP contribution is 2.22. The van der Waals surface area contributed by atoms with E-state index in [2.05, 4.69) is 0 Å². The van der Waals surface area contributed by atoms with Gasteiger partial charge in [-0.2, -0.15) is 0 Å². The maximum Gasteiger partial charge on any atom is 0.480 e. The van der Waals surface area contributed by atoms with E-state index in [1.165, 1.54) is 19.6 Å². The number of hydrogen-bond acceptors (Lipinski definition) is 7. The standard InChI is InChI=1S/C4H16O7Si4/c1-12-8-13(2,5)10-15(4,7)11-14(3,6)9-12/h5-7,12H,1-4H3. The molecule has 0 aromatic rings. The van der Waals surface area contributed by atoms with E-state index in [0.717, 1.165) is 0 Å². The first-order valence-corrected chi connectivity index (χ1v) is 13.3. The molecule has 1 aliphatic heterocycles. The van der Waals surface area contributed by atoms with Crippen LogP contribution in [0.25, 0.3) is 0 Å². The number of hydrogen-bond donors (Lipinski definition) is 3.